The van der Waals surface area contributed by atoms with Crippen molar-refractivity contribution in [2.45, 2.75) is 30.8 Å². The lowest BCUT2D eigenvalue weighted by molar-refractivity contribution is -0.162. The van der Waals surface area contributed by atoms with Crippen molar-refractivity contribution in [1.29, 1.82) is 0 Å². The third kappa shape index (κ3) is 3.00. The number of alkyl halides is 2. The van der Waals surface area contributed by atoms with Crippen molar-refractivity contribution in [1.82, 2.24) is 4.90 Å². The van der Waals surface area contributed by atoms with Crippen molar-refractivity contribution >= 4 is 11.9 Å². The number of halogens is 2. The number of hydrogen-bond donors (Lipinski definition) is 1. The van der Waals surface area contributed by atoms with Crippen molar-refractivity contribution < 1.29 is 28.2 Å². The first-order valence-electron chi connectivity index (χ1n) is 7.48. The van der Waals surface area contributed by atoms with Crippen LogP contribution in [-0.4, -0.2) is 46.5 Å². The summed E-state index contributed by atoms with van der Waals surface area (Å²) in [7, 11) is 0. The van der Waals surface area contributed by atoms with E-state index in [1.807, 2.05) is 0 Å². The van der Waals surface area contributed by atoms with Crippen LogP contribution in [-0.2, 0) is 9.59 Å². The van der Waals surface area contributed by atoms with Gasteiger partial charge in [0.2, 0.25) is 11.5 Å². The second kappa shape index (κ2) is 5.47. The second-order valence-electron chi connectivity index (χ2n) is 6.06. The summed E-state index contributed by atoms with van der Waals surface area (Å²) in [4.78, 5) is 25.0. The Kier molecular flexibility index (Phi) is 3.74. The van der Waals surface area contributed by atoms with Crippen molar-refractivity contribution in [3.63, 3.8) is 0 Å². The third-order valence-electron chi connectivity index (χ3n) is 4.45. The molecule has 1 aliphatic carbocycles. The van der Waals surface area contributed by atoms with Crippen molar-refractivity contribution in [3.8, 4) is 5.75 Å². The zero-order chi connectivity index (χ0) is 16.7. The van der Waals surface area contributed by atoms with Gasteiger partial charge in [-0.2, -0.15) is 0 Å². The Bertz CT molecular complexity index is 612. The van der Waals surface area contributed by atoms with Crippen LogP contribution in [0.4, 0.5) is 8.78 Å². The molecule has 124 valence electrons. The number of carboxylic acid groups (broad SMARTS) is 1. The zero-order valence-corrected chi connectivity index (χ0v) is 12.4. The summed E-state index contributed by atoms with van der Waals surface area (Å²) in [6.07, 6.45) is -0.268. The molecule has 5 nitrogen and oxygen atoms in total. The number of carboxylic acids is 1. The van der Waals surface area contributed by atoms with Crippen LogP contribution < -0.4 is 4.74 Å². The number of likely N-dealkylation sites (tertiary alicyclic amines) is 1. The lowest BCUT2D eigenvalue weighted by Crippen LogP contribution is -2.54. The lowest BCUT2D eigenvalue weighted by Gasteiger charge is -2.39. The highest BCUT2D eigenvalue weighted by Gasteiger charge is 2.62. The van der Waals surface area contributed by atoms with E-state index in [2.05, 4.69) is 0 Å². The summed E-state index contributed by atoms with van der Waals surface area (Å²) in [5.74, 6) is -5.41. The fourth-order valence-corrected chi connectivity index (χ4v) is 2.86. The van der Waals surface area contributed by atoms with Gasteiger partial charge in [0, 0.05) is 32.4 Å². The molecule has 3 rings (SSSR count). The first-order chi connectivity index (χ1) is 10.8. The summed E-state index contributed by atoms with van der Waals surface area (Å²) in [6.45, 7) is 0.203. The maximum absolute atomic E-state index is 13.0. The predicted octanol–water partition coefficient (Wildman–Crippen LogP) is 2.17. The molecule has 0 bridgehead atoms. The van der Waals surface area contributed by atoms with E-state index in [0.29, 0.717) is 5.75 Å². The quantitative estimate of drug-likeness (QED) is 0.921. The standard InChI is InChI=1S/C16H17F2NO4/c17-16(18)10-12(16)13(20)19-8-6-15(7-9-19,14(21)22)23-11-4-2-1-3-5-11/h1-5,12H,6-10H2,(H,21,22)/t12-/m0/s1. The molecule has 23 heavy (non-hydrogen) atoms. The van der Waals surface area contributed by atoms with Gasteiger partial charge in [0.05, 0.1) is 0 Å². The minimum absolute atomic E-state index is 0.0707. The fourth-order valence-electron chi connectivity index (χ4n) is 2.86. The third-order valence-corrected chi connectivity index (χ3v) is 4.45. The minimum atomic E-state index is -2.90. The maximum atomic E-state index is 13.0. The van der Waals surface area contributed by atoms with E-state index < -0.39 is 35.7 Å². The highest BCUT2D eigenvalue weighted by atomic mass is 19.3. The number of carbonyl (C=O) groups excluding carboxylic acids is 1. The summed E-state index contributed by atoms with van der Waals surface area (Å²) in [5.41, 5.74) is -1.43. The summed E-state index contributed by atoms with van der Waals surface area (Å²) in [6, 6.07) is 8.58. The molecule has 0 radical (unpaired) electrons. The number of para-hydroxylation sites is 1. The molecule has 1 N–H and O–H groups in total. The highest BCUT2D eigenvalue weighted by molar-refractivity contribution is 5.84. The van der Waals surface area contributed by atoms with Gasteiger partial charge in [0.25, 0.3) is 5.92 Å². The molecule has 1 heterocycles. The van der Waals surface area contributed by atoms with Crippen LogP contribution in [0.3, 0.4) is 0 Å². The van der Waals surface area contributed by atoms with Gasteiger partial charge in [-0.05, 0) is 12.1 Å². The Hall–Kier alpha value is -2.18. The molecule has 2 fully saturated rings. The molecule has 1 atom stereocenters. The summed E-state index contributed by atoms with van der Waals surface area (Å²) in [5, 5.41) is 9.53. The van der Waals surface area contributed by atoms with Crippen LogP contribution >= 0.6 is 0 Å². The normalized spacial score (nSPS) is 24.8. The van der Waals surface area contributed by atoms with E-state index in [1.165, 1.54) is 4.90 Å². The largest absolute Gasteiger partial charge is 0.478 e. The molecule has 2 aliphatic rings. The van der Waals surface area contributed by atoms with E-state index in [0.717, 1.165) is 0 Å². The predicted molar refractivity (Wildman–Crippen MR) is 76.3 cm³/mol. The molecule has 1 aromatic rings. The molecular formula is C16H17F2NO4. The molecule has 1 aliphatic heterocycles. The topological polar surface area (TPSA) is 66.8 Å². The van der Waals surface area contributed by atoms with Gasteiger partial charge in [-0.15, -0.1) is 0 Å². The van der Waals surface area contributed by atoms with Gasteiger partial charge >= 0.3 is 5.97 Å². The number of ether oxygens (including phenoxy) is 1. The van der Waals surface area contributed by atoms with E-state index in [4.69, 9.17) is 4.74 Å². The molecule has 0 aromatic heterocycles. The molecular weight excluding hydrogens is 308 g/mol. The number of aliphatic carboxylic acids is 1. The molecule has 1 aromatic carbocycles. The Morgan fingerprint density at radius 1 is 1.17 bits per heavy atom. The van der Waals surface area contributed by atoms with Gasteiger partial charge in [0.15, 0.2) is 0 Å². The van der Waals surface area contributed by atoms with Crippen LogP contribution in [0.1, 0.15) is 19.3 Å². The van der Waals surface area contributed by atoms with Crippen LogP contribution in [0.5, 0.6) is 5.75 Å². The maximum Gasteiger partial charge on any atom is 0.348 e. The Morgan fingerprint density at radius 2 is 1.74 bits per heavy atom. The number of rotatable bonds is 4. The molecule has 0 unspecified atom stereocenters. The van der Waals surface area contributed by atoms with Crippen molar-refractivity contribution in [2.75, 3.05) is 13.1 Å². The van der Waals surface area contributed by atoms with Crippen LogP contribution in [0.25, 0.3) is 0 Å². The lowest BCUT2D eigenvalue weighted by atomic mass is 9.90. The van der Waals surface area contributed by atoms with Gasteiger partial charge < -0.3 is 14.7 Å². The van der Waals surface area contributed by atoms with Gasteiger partial charge in [0.1, 0.15) is 11.7 Å². The van der Waals surface area contributed by atoms with E-state index in [9.17, 15) is 23.5 Å². The molecule has 1 saturated carbocycles. The number of benzene rings is 1. The monoisotopic (exact) mass is 325 g/mol. The minimum Gasteiger partial charge on any atom is -0.478 e. The van der Waals surface area contributed by atoms with E-state index in [1.54, 1.807) is 30.3 Å². The van der Waals surface area contributed by atoms with E-state index >= 15 is 0 Å². The first kappa shape index (κ1) is 15.7. The fraction of sp³-hybridized carbons (Fsp3) is 0.500. The van der Waals surface area contributed by atoms with Crippen LogP contribution in [0, 0.1) is 5.92 Å². The number of amides is 1. The van der Waals surface area contributed by atoms with Crippen LogP contribution in [0.2, 0.25) is 0 Å². The molecule has 0 spiro atoms. The van der Waals surface area contributed by atoms with E-state index in [-0.39, 0.29) is 25.9 Å². The molecule has 7 heteroatoms. The second-order valence-corrected chi connectivity index (χ2v) is 6.06. The Morgan fingerprint density at radius 3 is 2.22 bits per heavy atom. The zero-order valence-electron chi connectivity index (χ0n) is 12.4. The average Bonchev–Trinajstić information content (AvgIpc) is 3.17. The highest BCUT2D eigenvalue weighted by Crippen LogP contribution is 2.49. The average molecular weight is 325 g/mol. The molecule has 1 amide bonds. The summed E-state index contributed by atoms with van der Waals surface area (Å²) >= 11 is 0. The number of carbonyl (C=O) groups is 2. The van der Waals surface area contributed by atoms with Crippen LogP contribution in [0.15, 0.2) is 30.3 Å². The van der Waals surface area contributed by atoms with Crippen molar-refractivity contribution in [2.24, 2.45) is 5.92 Å². The smallest absolute Gasteiger partial charge is 0.348 e. The summed E-state index contributed by atoms with van der Waals surface area (Å²) < 4.78 is 31.7. The van der Waals surface area contributed by atoms with Gasteiger partial charge in [-0.25, -0.2) is 13.6 Å². The Balaban J connectivity index is 1.66. The number of piperidine rings is 1. The number of hydrogen-bond acceptors (Lipinski definition) is 3. The number of nitrogens with zero attached hydrogens (tertiary/aromatic N) is 1. The van der Waals surface area contributed by atoms with Gasteiger partial charge in [-0.3, -0.25) is 4.79 Å². The Labute approximate surface area is 131 Å². The van der Waals surface area contributed by atoms with Crippen molar-refractivity contribution in [3.05, 3.63) is 30.3 Å². The first-order valence-corrected chi connectivity index (χ1v) is 7.48. The van der Waals surface area contributed by atoms with Gasteiger partial charge in [-0.1, -0.05) is 18.2 Å². The SMILES string of the molecule is O=C([C@@H]1CC1(F)F)N1CCC(Oc2ccccc2)(C(=O)O)CC1. The molecule has 1 saturated heterocycles.